The van der Waals surface area contributed by atoms with Crippen LogP contribution < -0.4 is 11.3 Å². The second-order valence-corrected chi connectivity index (χ2v) is 6.36. The molecule has 96 valence electrons. The highest BCUT2D eigenvalue weighted by molar-refractivity contribution is 9.10. The van der Waals surface area contributed by atoms with Gasteiger partial charge >= 0.3 is 0 Å². The van der Waals surface area contributed by atoms with Crippen LogP contribution in [0.3, 0.4) is 0 Å². The molecule has 0 aliphatic carbocycles. The van der Waals surface area contributed by atoms with Gasteiger partial charge in [-0.25, -0.2) is 0 Å². The molecule has 0 aliphatic heterocycles. The van der Waals surface area contributed by atoms with Crippen LogP contribution in [-0.4, -0.2) is 0 Å². The molecule has 1 aromatic carbocycles. The second-order valence-electron chi connectivity index (χ2n) is 4.44. The fraction of sp³-hybridized carbons (Fsp3) is 0.286. The third-order valence-corrected chi connectivity index (χ3v) is 4.97. The van der Waals surface area contributed by atoms with Crippen molar-refractivity contribution >= 4 is 27.3 Å². The van der Waals surface area contributed by atoms with Gasteiger partial charge in [-0.1, -0.05) is 18.2 Å². The van der Waals surface area contributed by atoms with Gasteiger partial charge < -0.3 is 0 Å². The van der Waals surface area contributed by atoms with Crippen LogP contribution in [0.25, 0.3) is 0 Å². The number of aryl methyl sites for hydroxylation is 1. The summed E-state index contributed by atoms with van der Waals surface area (Å²) in [4.78, 5) is 1.32. The Kier molecular flexibility index (Phi) is 4.56. The monoisotopic (exact) mass is 324 g/mol. The van der Waals surface area contributed by atoms with Crippen molar-refractivity contribution < 1.29 is 0 Å². The number of thiophene rings is 1. The maximum atomic E-state index is 5.72. The standard InChI is InChI=1S/C14H17BrN2S/c1-9-4-3-5-13(10(9)2)14(17-16)7-12-6-11(15)8-18-12/h3-6,8,14,17H,7,16H2,1-2H3. The second kappa shape index (κ2) is 5.97. The van der Waals surface area contributed by atoms with Gasteiger partial charge in [0.15, 0.2) is 0 Å². The molecule has 2 rings (SSSR count). The van der Waals surface area contributed by atoms with E-state index >= 15 is 0 Å². The molecule has 3 N–H and O–H groups in total. The lowest BCUT2D eigenvalue weighted by Gasteiger charge is -2.19. The Bertz CT molecular complexity index is 536. The van der Waals surface area contributed by atoms with Crippen LogP contribution in [-0.2, 0) is 6.42 Å². The summed E-state index contributed by atoms with van der Waals surface area (Å²) in [6, 6.07) is 8.69. The van der Waals surface area contributed by atoms with Crippen molar-refractivity contribution in [3.63, 3.8) is 0 Å². The molecule has 0 bridgehead atoms. The summed E-state index contributed by atoms with van der Waals surface area (Å²) >= 11 is 5.24. The normalized spacial score (nSPS) is 12.7. The van der Waals surface area contributed by atoms with Crippen LogP contribution in [0.5, 0.6) is 0 Å². The summed E-state index contributed by atoms with van der Waals surface area (Å²) < 4.78 is 1.14. The number of hydrogen-bond donors (Lipinski definition) is 2. The third kappa shape index (κ3) is 3.01. The Morgan fingerprint density at radius 3 is 2.78 bits per heavy atom. The highest BCUT2D eigenvalue weighted by Crippen LogP contribution is 2.27. The average Bonchev–Trinajstić information content (AvgIpc) is 2.76. The number of nitrogens with one attached hydrogen (secondary N) is 1. The minimum atomic E-state index is 0.162. The van der Waals surface area contributed by atoms with Gasteiger partial charge in [0, 0.05) is 21.2 Å². The first-order valence-corrected chi connectivity index (χ1v) is 7.54. The molecule has 2 nitrogen and oxygen atoms in total. The summed E-state index contributed by atoms with van der Waals surface area (Å²) in [6.45, 7) is 4.29. The predicted molar refractivity (Wildman–Crippen MR) is 81.7 cm³/mol. The Labute approximate surface area is 120 Å². The minimum Gasteiger partial charge on any atom is -0.271 e. The Morgan fingerprint density at radius 1 is 1.39 bits per heavy atom. The molecule has 0 spiro atoms. The van der Waals surface area contributed by atoms with Crippen LogP contribution in [0.2, 0.25) is 0 Å². The van der Waals surface area contributed by atoms with Crippen LogP contribution in [0.15, 0.2) is 34.1 Å². The van der Waals surface area contributed by atoms with E-state index in [4.69, 9.17) is 5.84 Å². The van der Waals surface area contributed by atoms with Crippen molar-refractivity contribution in [2.45, 2.75) is 26.3 Å². The van der Waals surface area contributed by atoms with Gasteiger partial charge in [0.25, 0.3) is 0 Å². The molecule has 0 saturated carbocycles. The molecular formula is C14H17BrN2S. The average molecular weight is 325 g/mol. The third-order valence-electron chi connectivity index (χ3n) is 3.25. The van der Waals surface area contributed by atoms with Gasteiger partial charge in [0.05, 0.1) is 6.04 Å². The Balaban J connectivity index is 2.25. The van der Waals surface area contributed by atoms with Crippen molar-refractivity contribution in [3.05, 3.63) is 55.7 Å². The van der Waals surface area contributed by atoms with Crippen LogP contribution in [0.1, 0.15) is 27.6 Å². The van der Waals surface area contributed by atoms with Crippen molar-refractivity contribution in [2.75, 3.05) is 0 Å². The molecule has 2 aromatic rings. The van der Waals surface area contributed by atoms with E-state index in [9.17, 15) is 0 Å². The van der Waals surface area contributed by atoms with Gasteiger partial charge in [0.1, 0.15) is 0 Å². The number of nitrogens with two attached hydrogens (primary N) is 1. The number of benzene rings is 1. The van der Waals surface area contributed by atoms with E-state index in [0.29, 0.717) is 0 Å². The highest BCUT2D eigenvalue weighted by Gasteiger charge is 2.14. The number of hydrogen-bond acceptors (Lipinski definition) is 3. The zero-order valence-electron chi connectivity index (χ0n) is 10.5. The summed E-state index contributed by atoms with van der Waals surface area (Å²) in [6.07, 6.45) is 0.914. The quantitative estimate of drug-likeness (QED) is 0.661. The summed E-state index contributed by atoms with van der Waals surface area (Å²) in [5.41, 5.74) is 6.84. The molecule has 18 heavy (non-hydrogen) atoms. The molecule has 1 unspecified atom stereocenters. The zero-order chi connectivity index (χ0) is 13.1. The maximum absolute atomic E-state index is 5.72. The number of hydrazine groups is 1. The lowest BCUT2D eigenvalue weighted by molar-refractivity contribution is 0.552. The Hall–Kier alpha value is -0.680. The van der Waals surface area contributed by atoms with E-state index in [1.807, 2.05) is 0 Å². The van der Waals surface area contributed by atoms with E-state index < -0.39 is 0 Å². The summed E-state index contributed by atoms with van der Waals surface area (Å²) in [7, 11) is 0. The van der Waals surface area contributed by atoms with Crippen molar-refractivity contribution in [1.29, 1.82) is 0 Å². The van der Waals surface area contributed by atoms with Crippen molar-refractivity contribution in [3.8, 4) is 0 Å². The highest BCUT2D eigenvalue weighted by atomic mass is 79.9. The molecule has 0 radical (unpaired) electrons. The smallest absolute Gasteiger partial charge is 0.0510 e. The predicted octanol–water partition coefficient (Wildman–Crippen LogP) is 3.87. The Morgan fingerprint density at radius 2 is 2.17 bits per heavy atom. The molecular weight excluding hydrogens is 308 g/mol. The summed E-state index contributed by atoms with van der Waals surface area (Å²) in [5.74, 6) is 5.72. The van der Waals surface area contributed by atoms with Crippen LogP contribution >= 0.6 is 27.3 Å². The SMILES string of the molecule is Cc1cccc(C(Cc2cc(Br)cs2)NN)c1C. The van der Waals surface area contributed by atoms with E-state index in [2.05, 4.69) is 64.8 Å². The fourth-order valence-corrected chi connectivity index (χ4v) is 3.57. The number of halogens is 1. The zero-order valence-corrected chi connectivity index (χ0v) is 12.9. The topological polar surface area (TPSA) is 38.0 Å². The maximum Gasteiger partial charge on any atom is 0.0510 e. The first-order chi connectivity index (χ1) is 8.61. The molecule has 1 aromatic heterocycles. The molecule has 0 fully saturated rings. The molecule has 4 heteroatoms. The van der Waals surface area contributed by atoms with Crippen LogP contribution in [0, 0.1) is 13.8 Å². The summed E-state index contributed by atoms with van der Waals surface area (Å²) in [5, 5.41) is 2.10. The molecule has 1 atom stereocenters. The number of rotatable bonds is 4. The first-order valence-electron chi connectivity index (χ1n) is 5.87. The van der Waals surface area contributed by atoms with Crippen molar-refractivity contribution in [2.24, 2.45) is 5.84 Å². The molecule has 1 heterocycles. The molecule has 0 aliphatic rings. The van der Waals surface area contributed by atoms with Crippen molar-refractivity contribution in [1.82, 2.24) is 5.43 Å². The largest absolute Gasteiger partial charge is 0.271 e. The van der Waals surface area contributed by atoms with Gasteiger partial charge in [-0.2, -0.15) is 0 Å². The minimum absolute atomic E-state index is 0.162. The lowest BCUT2D eigenvalue weighted by Crippen LogP contribution is -2.30. The van der Waals surface area contributed by atoms with Gasteiger partial charge in [-0.05, 0) is 52.5 Å². The molecule has 0 saturated heterocycles. The molecule has 0 amide bonds. The van der Waals surface area contributed by atoms with E-state index in [1.54, 1.807) is 11.3 Å². The van der Waals surface area contributed by atoms with Gasteiger partial charge in [-0.15, -0.1) is 11.3 Å². The fourth-order valence-electron chi connectivity index (χ4n) is 2.07. The van der Waals surface area contributed by atoms with Crippen LogP contribution in [0.4, 0.5) is 0 Å². The van der Waals surface area contributed by atoms with E-state index in [1.165, 1.54) is 21.6 Å². The lowest BCUT2D eigenvalue weighted by atomic mass is 9.95. The first kappa shape index (κ1) is 13.7. The van der Waals surface area contributed by atoms with E-state index in [-0.39, 0.29) is 6.04 Å². The van der Waals surface area contributed by atoms with Gasteiger partial charge in [0.2, 0.25) is 0 Å². The van der Waals surface area contributed by atoms with Gasteiger partial charge in [-0.3, -0.25) is 11.3 Å². The van der Waals surface area contributed by atoms with E-state index in [0.717, 1.165) is 10.9 Å².